The summed E-state index contributed by atoms with van der Waals surface area (Å²) in [4.78, 5) is 56.4. The third-order valence-electron chi connectivity index (χ3n) is 7.33. The Morgan fingerprint density at radius 3 is 2.44 bits per heavy atom. The lowest BCUT2D eigenvalue weighted by Gasteiger charge is -2.41. The molecule has 0 spiro atoms. The van der Waals surface area contributed by atoms with Crippen molar-refractivity contribution in [2.24, 2.45) is 0 Å². The van der Waals surface area contributed by atoms with E-state index in [0.29, 0.717) is 0 Å². The molecule has 0 aromatic carbocycles. The Kier molecular flexibility index (Phi) is 7.35. The first-order valence-corrected chi connectivity index (χ1v) is 16.6. The van der Waals surface area contributed by atoms with Gasteiger partial charge in [-0.25, -0.2) is 9.97 Å². The molecule has 0 aliphatic carbocycles. The summed E-state index contributed by atoms with van der Waals surface area (Å²) in [5, 5.41) is 23.1. The second kappa shape index (κ2) is 10.9. The van der Waals surface area contributed by atoms with E-state index < -0.39 is 81.8 Å². The molecule has 3 aliphatic rings. The van der Waals surface area contributed by atoms with Gasteiger partial charge in [-0.05, 0) is 11.8 Å². The number of aromatic amines is 2. The number of anilines is 2. The van der Waals surface area contributed by atoms with E-state index in [1.165, 1.54) is 10.9 Å². The van der Waals surface area contributed by atoms with Crippen molar-refractivity contribution < 1.29 is 47.2 Å². The van der Waals surface area contributed by atoms with E-state index in [0.717, 1.165) is 10.9 Å². The minimum Gasteiger partial charge on any atom is -0.386 e. The van der Waals surface area contributed by atoms with Gasteiger partial charge in [0, 0.05) is 4.57 Å². The number of nitrogens with two attached hydrogens (primary N) is 2. The third-order valence-corrected chi connectivity index (χ3v) is 9.66. The molecule has 25 heteroatoms. The van der Waals surface area contributed by atoms with Crippen LogP contribution in [-0.2, 0) is 49.7 Å². The summed E-state index contributed by atoms with van der Waals surface area (Å²) in [5.74, 6) is -0.499. The minimum atomic E-state index is -4.36. The largest absolute Gasteiger partial charge is 0.698 e. The summed E-state index contributed by atoms with van der Waals surface area (Å²) in [5.41, 5.74) is 7.25. The van der Waals surface area contributed by atoms with E-state index in [4.69, 9.17) is 50.8 Å². The van der Waals surface area contributed by atoms with Crippen LogP contribution in [0.5, 0.6) is 0 Å². The van der Waals surface area contributed by atoms with Crippen molar-refractivity contribution in [3.63, 3.8) is 0 Å². The van der Waals surface area contributed by atoms with Crippen LogP contribution in [0.1, 0.15) is 6.23 Å². The molecule has 0 bridgehead atoms. The van der Waals surface area contributed by atoms with Crippen molar-refractivity contribution in [3.8, 4) is 0 Å². The zero-order valence-corrected chi connectivity index (χ0v) is 25.0. The maximum Gasteiger partial charge on any atom is 0.698 e. The van der Waals surface area contributed by atoms with Crippen molar-refractivity contribution >= 4 is 61.0 Å². The van der Waals surface area contributed by atoms with Crippen molar-refractivity contribution in [2.45, 2.75) is 42.5 Å². The number of aliphatic hydroxyl groups is 2. The molecule has 45 heavy (non-hydrogen) atoms. The number of nitrogens with one attached hydrogen (secondary N) is 2. The highest BCUT2D eigenvalue weighted by Gasteiger charge is 2.58. The molecular formula is C20H23N10O12P2S+. The van der Waals surface area contributed by atoms with Crippen LogP contribution in [0.15, 0.2) is 22.2 Å². The molecule has 3 fully saturated rings. The number of rotatable bonds is 2. The van der Waals surface area contributed by atoms with E-state index in [2.05, 4.69) is 29.9 Å². The van der Waals surface area contributed by atoms with E-state index >= 15 is 0 Å². The molecule has 7 rings (SSSR count). The Bertz CT molecular complexity index is 2000. The number of ether oxygens (including phenoxy) is 2. The van der Waals surface area contributed by atoms with Gasteiger partial charge in [0.05, 0.1) is 25.9 Å². The summed E-state index contributed by atoms with van der Waals surface area (Å²) in [7, 11) is -3.08. The third kappa shape index (κ3) is 5.16. The number of hydrogen-bond acceptors (Lipinski definition) is 18. The van der Waals surface area contributed by atoms with Crippen LogP contribution in [0, 0.1) is 0 Å². The highest BCUT2D eigenvalue weighted by Crippen LogP contribution is 2.53. The van der Waals surface area contributed by atoms with Crippen LogP contribution in [0.2, 0.25) is 0 Å². The Hall–Kier alpha value is -3.31. The van der Waals surface area contributed by atoms with Crippen LogP contribution in [0.25, 0.3) is 22.3 Å². The van der Waals surface area contributed by atoms with E-state index in [-0.39, 0.29) is 40.8 Å². The fraction of sp³-hybridized carbons (Fsp3) is 0.500. The van der Waals surface area contributed by atoms with Gasteiger partial charge in [-0.2, -0.15) is 9.97 Å². The molecule has 4 aromatic heterocycles. The van der Waals surface area contributed by atoms with Crippen LogP contribution in [0.4, 0.5) is 11.9 Å². The summed E-state index contributed by atoms with van der Waals surface area (Å²) in [6.07, 6.45) is -6.45. The number of aromatic nitrogens is 8. The number of aliphatic hydroxyl groups excluding tert-OH is 1. The topological polar surface area (TPSA) is 312 Å². The van der Waals surface area contributed by atoms with Gasteiger partial charge in [0.2, 0.25) is 17.6 Å². The van der Waals surface area contributed by atoms with Gasteiger partial charge in [-0.3, -0.25) is 37.7 Å². The number of fused-ring (bicyclic) bond motifs is 4. The quantitative estimate of drug-likeness (QED) is 0.106. The molecule has 22 nitrogen and oxygen atoms in total. The van der Waals surface area contributed by atoms with Gasteiger partial charge in [-0.1, -0.05) is 0 Å². The van der Waals surface area contributed by atoms with Crippen LogP contribution >= 0.6 is 15.0 Å². The van der Waals surface area contributed by atoms with Crippen LogP contribution in [-0.4, -0.2) is 104 Å². The average molecular weight is 689 g/mol. The first-order chi connectivity index (χ1) is 21.3. The van der Waals surface area contributed by atoms with Gasteiger partial charge in [0.25, 0.3) is 11.1 Å². The van der Waals surface area contributed by atoms with E-state index in [1.54, 1.807) is 0 Å². The summed E-state index contributed by atoms with van der Waals surface area (Å²) >= 11 is 5.26. The summed E-state index contributed by atoms with van der Waals surface area (Å²) < 4.78 is 49.3. The maximum atomic E-state index is 13.2. The first kappa shape index (κ1) is 30.3. The standard InChI is InChI=1S/C20H22N10O12P2S/c21-18-25-13-8(15(32)27-18)23-4-29(13)17-10(31)11-6(39-17)2-38-43(35)40-12-7(41-44(36,45)42-11)1-37-3-20(12,34)30-5-24-9-14(30)26-19(22)28-16(9)33/h4-7,10-12,17,31,34H,1-3H2,(H6-,21,22,25,26,27,28,32,33,36,45)/p+1/t6-,7?,10?,11?,12?,17+,20?,44?/m1/s1. The lowest BCUT2D eigenvalue weighted by molar-refractivity contribution is -0.232. The zero-order chi connectivity index (χ0) is 31.8. The number of imidazole rings is 2. The van der Waals surface area contributed by atoms with Crippen LogP contribution in [0.3, 0.4) is 0 Å². The fourth-order valence-electron chi connectivity index (χ4n) is 5.40. The Balaban J connectivity index is 1.22. The smallest absolute Gasteiger partial charge is 0.386 e. The van der Waals surface area contributed by atoms with Gasteiger partial charge in [0.1, 0.15) is 31.0 Å². The molecule has 9 atom stereocenters. The van der Waals surface area contributed by atoms with E-state index in [9.17, 15) is 29.3 Å². The SMILES string of the molecule is Nc1nc2c(ncn2[C@H]2O[C@@H]3CO[P+](=O)OC4C(COCC4(O)n4cnc5c(=O)[nH]c(N)nc54)OP(O)(=S)OC3C2O)c(=O)[nH]1. The molecule has 0 radical (unpaired) electrons. The number of H-pyrrole nitrogens is 2. The number of nitrogen functional groups attached to an aromatic ring is 2. The van der Waals surface area contributed by atoms with Crippen LogP contribution < -0.4 is 22.6 Å². The molecule has 7 heterocycles. The predicted octanol–water partition coefficient (Wildman–Crippen LogP) is -2.59. The first-order valence-electron chi connectivity index (χ1n) is 12.9. The predicted molar refractivity (Wildman–Crippen MR) is 151 cm³/mol. The summed E-state index contributed by atoms with van der Waals surface area (Å²) in [6.45, 7) is -5.76. The monoisotopic (exact) mass is 689 g/mol. The second-order valence-electron chi connectivity index (χ2n) is 10.2. The molecule has 9 N–H and O–H groups in total. The minimum absolute atomic E-state index is 0.0254. The maximum absolute atomic E-state index is 13.2. The lowest BCUT2D eigenvalue weighted by atomic mass is 9.99. The second-order valence-corrected chi connectivity index (χ2v) is 13.8. The number of hydrogen-bond donors (Lipinski definition) is 7. The normalized spacial score (nSPS) is 35.2. The van der Waals surface area contributed by atoms with Crippen molar-refractivity contribution in [2.75, 3.05) is 31.3 Å². The molecule has 240 valence electrons. The Morgan fingerprint density at radius 1 is 1.04 bits per heavy atom. The molecule has 4 aromatic rings. The highest BCUT2D eigenvalue weighted by atomic mass is 32.5. The van der Waals surface area contributed by atoms with Gasteiger partial charge < -0.3 is 36.0 Å². The van der Waals surface area contributed by atoms with Crippen molar-refractivity contribution in [3.05, 3.63) is 33.4 Å². The lowest BCUT2D eigenvalue weighted by Crippen LogP contribution is -2.59. The molecule has 3 saturated heterocycles. The highest BCUT2D eigenvalue weighted by molar-refractivity contribution is 8.07. The summed E-state index contributed by atoms with van der Waals surface area (Å²) in [6, 6.07) is 0. The van der Waals surface area contributed by atoms with E-state index in [1.807, 2.05) is 0 Å². The number of nitrogens with zero attached hydrogens (tertiary/aromatic N) is 6. The molecule has 7 unspecified atom stereocenters. The molecule has 0 amide bonds. The van der Waals surface area contributed by atoms with Gasteiger partial charge >= 0.3 is 15.0 Å². The molecule has 0 saturated carbocycles. The van der Waals surface area contributed by atoms with Crippen molar-refractivity contribution in [1.82, 2.24) is 39.0 Å². The Morgan fingerprint density at radius 2 is 1.71 bits per heavy atom. The molecular weight excluding hydrogens is 666 g/mol. The Labute approximate surface area is 254 Å². The fourth-order valence-corrected chi connectivity index (χ4v) is 7.98. The zero-order valence-electron chi connectivity index (χ0n) is 22.4. The van der Waals surface area contributed by atoms with Gasteiger partial charge in [0.15, 0.2) is 34.7 Å². The van der Waals surface area contributed by atoms with Crippen molar-refractivity contribution in [1.29, 1.82) is 0 Å². The van der Waals surface area contributed by atoms with Gasteiger partial charge in [-0.15, -0.1) is 9.05 Å². The average Bonchev–Trinajstić information content (AvgIpc) is 3.65. The molecule has 3 aliphatic heterocycles.